The number of aromatic nitrogens is 1. The van der Waals surface area contributed by atoms with Crippen molar-refractivity contribution in [1.82, 2.24) is 9.88 Å². The zero-order valence-corrected chi connectivity index (χ0v) is 12.3. The zero-order chi connectivity index (χ0) is 13.6. The Balaban J connectivity index is 2.65. The SMILES string of the molecule is CCCNC(C)c1cccn1CCS(=O)(=O)CC. The molecule has 4 nitrogen and oxygen atoms in total. The second kappa shape index (κ2) is 6.95. The number of rotatable bonds is 8. The van der Waals surface area contributed by atoms with Gasteiger partial charge in [-0.3, -0.25) is 0 Å². The lowest BCUT2D eigenvalue weighted by Gasteiger charge is -2.16. The highest BCUT2D eigenvalue weighted by Crippen LogP contribution is 2.13. The van der Waals surface area contributed by atoms with E-state index in [1.807, 2.05) is 22.9 Å². The molecule has 104 valence electrons. The fourth-order valence-corrected chi connectivity index (χ4v) is 2.63. The smallest absolute Gasteiger partial charge is 0.151 e. The molecule has 1 rings (SSSR count). The van der Waals surface area contributed by atoms with Crippen molar-refractivity contribution < 1.29 is 8.42 Å². The summed E-state index contributed by atoms with van der Waals surface area (Å²) in [6.07, 6.45) is 3.04. The molecule has 0 aliphatic carbocycles. The van der Waals surface area contributed by atoms with Crippen molar-refractivity contribution in [2.45, 2.75) is 39.8 Å². The fourth-order valence-electron chi connectivity index (χ4n) is 1.87. The molecule has 1 atom stereocenters. The van der Waals surface area contributed by atoms with Crippen molar-refractivity contribution >= 4 is 9.84 Å². The highest BCUT2D eigenvalue weighted by molar-refractivity contribution is 7.91. The summed E-state index contributed by atoms with van der Waals surface area (Å²) in [6.45, 7) is 7.44. The van der Waals surface area contributed by atoms with E-state index in [0.29, 0.717) is 6.54 Å². The first-order valence-electron chi connectivity index (χ1n) is 6.59. The summed E-state index contributed by atoms with van der Waals surface area (Å²) >= 11 is 0. The third-order valence-corrected chi connectivity index (χ3v) is 4.78. The third kappa shape index (κ3) is 4.46. The van der Waals surface area contributed by atoms with E-state index in [1.165, 1.54) is 0 Å². The summed E-state index contributed by atoms with van der Waals surface area (Å²) < 4.78 is 25.1. The molecule has 1 heterocycles. The van der Waals surface area contributed by atoms with E-state index in [1.54, 1.807) is 6.92 Å². The van der Waals surface area contributed by atoms with Crippen LogP contribution in [0.15, 0.2) is 18.3 Å². The number of aryl methyl sites for hydroxylation is 1. The Labute approximate surface area is 110 Å². The highest BCUT2D eigenvalue weighted by Gasteiger charge is 2.12. The van der Waals surface area contributed by atoms with Crippen molar-refractivity contribution in [2.75, 3.05) is 18.1 Å². The molecule has 0 radical (unpaired) electrons. The van der Waals surface area contributed by atoms with Gasteiger partial charge in [0.2, 0.25) is 0 Å². The molecule has 1 N–H and O–H groups in total. The Morgan fingerprint density at radius 2 is 2.11 bits per heavy atom. The number of sulfone groups is 1. The van der Waals surface area contributed by atoms with E-state index in [-0.39, 0.29) is 17.5 Å². The topological polar surface area (TPSA) is 51.1 Å². The van der Waals surface area contributed by atoms with E-state index < -0.39 is 9.84 Å². The van der Waals surface area contributed by atoms with Crippen molar-refractivity contribution in [2.24, 2.45) is 0 Å². The Kier molecular flexibility index (Phi) is 5.88. The lowest BCUT2D eigenvalue weighted by atomic mass is 10.2. The molecule has 0 spiro atoms. The lowest BCUT2D eigenvalue weighted by molar-refractivity contribution is 0.528. The largest absolute Gasteiger partial charge is 0.349 e. The number of hydrogen-bond donors (Lipinski definition) is 1. The molecular formula is C13H24N2O2S. The maximum atomic E-state index is 11.5. The summed E-state index contributed by atoms with van der Waals surface area (Å²) in [5.41, 5.74) is 1.15. The predicted molar refractivity (Wildman–Crippen MR) is 75.5 cm³/mol. The van der Waals surface area contributed by atoms with Crippen LogP contribution in [-0.4, -0.2) is 31.0 Å². The van der Waals surface area contributed by atoms with Gasteiger partial charge < -0.3 is 9.88 Å². The quantitative estimate of drug-likeness (QED) is 0.787. The van der Waals surface area contributed by atoms with Crippen LogP contribution < -0.4 is 5.32 Å². The van der Waals surface area contributed by atoms with E-state index in [2.05, 4.69) is 19.2 Å². The van der Waals surface area contributed by atoms with E-state index in [4.69, 9.17) is 0 Å². The van der Waals surface area contributed by atoms with Gasteiger partial charge in [-0.05, 0) is 32.0 Å². The average molecular weight is 272 g/mol. The van der Waals surface area contributed by atoms with Gasteiger partial charge in [0, 0.05) is 30.2 Å². The molecule has 18 heavy (non-hydrogen) atoms. The monoisotopic (exact) mass is 272 g/mol. The molecule has 0 amide bonds. The molecule has 0 aromatic carbocycles. The Morgan fingerprint density at radius 3 is 2.72 bits per heavy atom. The third-order valence-electron chi connectivity index (χ3n) is 3.09. The van der Waals surface area contributed by atoms with Crippen LogP contribution >= 0.6 is 0 Å². The molecule has 1 unspecified atom stereocenters. The van der Waals surface area contributed by atoms with Crippen molar-refractivity contribution in [1.29, 1.82) is 0 Å². The van der Waals surface area contributed by atoms with Crippen LogP contribution in [0.2, 0.25) is 0 Å². The maximum absolute atomic E-state index is 11.5. The maximum Gasteiger partial charge on any atom is 0.151 e. The van der Waals surface area contributed by atoms with Crippen LogP contribution in [0.25, 0.3) is 0 Å². The first kappa shape index (κ1) is 15.2. The average Bonchev–Trinajstić information content (AvgIpc) is 2.82. The first-order valence-corrected chi connectivity index (χ1v) is 8.41. The molecular weight excluding hydrogens is 248 g/mol. The minimum absolute atomic E-state index is 0.214. The molecule has 1 aromatic heterocycles. The summed E-state index contributed by atoms with van der Waals surface area (Å²) in [5, 5.41) is 3.42. The van der Waals surface area contributed by atoms with Crippen LogP contribution in [0.1, 0.15) is 38.9 Å². The minimum atomic E-state index is -2.90. The van der Waals surface area contributed by atoms with Crippen LogP contribution in [0.5, 0.6) is 0 Å². The number of nitrogens with zero attached hydrogens (tertiary/aromatic N) is 1. The second-order valence-electron chi connectivity index (χ2n) is 4.54. The Hall–Kier alpha value is -0.810. The van der Waals surface area contributed by atoms with Crippen LogP contribution in [0, 0.1) is 0 Å². The van der Waals surface area contributed by atoms with E-state index in [0.717, 1.165) is 18.7 Å². The highest BCUT2D eigenvalue weighted by atomic mass is 32.2. The van der Waals surface area contributed by atoms with Gasteiger partial charge >= 0.3 is 0 Å². The van der Waals surface area contributed by atoms with Crippen molar-refractivity contribution in [3.8, 4) is 0 Å². The van der Waals surface area contributed by atoms with Gasteiger partial charge in [0.25, 0.3) is 0 Å². The van der Waals surface area contributed by atoms with Gasteiger partial charge in [0.05, 0.1) is 5.75 Å². The molecule has 0 bridgehead atoms. The summed E-state index contributed by atoms with van der Waals surface area (Å²) in [5.74, 6) is 0.429. The summed E-state index contributed by atoms with van der Waals surface area (Å²) in [7, 11) is -2.90. The van der Waals surface area contributed by atoms with Crippen molar-refractivity contribution in [3.05, 3.63) is 24.0 Å². The van der Waals surface area contributed by atoms with Crippen LogP contribution in [0.3, 0.4) is 0 Å². The van der Waals surface area contributed by atoms with E-state index in [9.17, 15) is 8.42 Å². The van der Waals surface area contributed by atoms with Gasteiger partial charge in [-0.25, -0.2) is 8.42 Å². The minimum Gasteiger partial charge on any atom is -0.349 e. The predicted octanol–water partition coefficient (Wildman–Crippen LogP) is 1.98. The fraction of sp³-hybridized carbons (Fsp3) is 0.692. The second-order valence-corrected chi connectivity index (χ2v) is 7.01. The van der Waals surface area contributed by atoms with Crippen molar-refractivity contribution in [3.63, 3.8) is 0 Å². The van der Waals surface area contributed by atoms with Gasteiger partial charge in [-0.1, -0.05) is 13.8 Å². The normalized spacial score (nSPS) is 13.7. The molecule has 0 saturated carbocycles. The number of nitrogens with one attached hydrogen (secondary N) is 1. The Morgan fingerprint density at radius 1 is 1.39 bits per heavy atom. The van der Waals surface area contributed by atoms with E-state index >= 15 is 0 Å². The first-order chi connectivity index (χ1) is 8.50. The lowest BCUT2D eigenvalue weighted by Crippen LogP contribution is -2.23. The van der Waals surface area contributed by atoms with Crippen LogP contribution in [-0.2, 0) is 16.4 Å². The molecule has 0 saturated heterocycles. The molecule has 0 fully saturated rings. The van der Waals surface area contributed by atoms with Gasteiger partial charge in [-0.15, -0.1) is 0 Å². The molecule has 5 heteroatoms. The molecule has 0 aliphatic heterocycles. The molecule has 0 aliphatic rings. The zero-order valence-electron chi connectivity index (χ0n) is 11.5. The summed E-state index contributed by atoms with van der Waals surface area (Å²) in [6, 6.07) is 4.27. The van der Waals surface area contributed by atoms with Gasteiger partial charge in [-0.2, -0.15) is 0 Å². The van der Waals surface area contributed by atoms with Gasteiger partial charge in [0.15, 0.2) is 9.84 Å². The number of hydrogen-bond acceptors (Lipinski definition) is 3. The van der Waals surface area contributed by atoms with Gasteiger partial charge in [0.1, 0.15) is 0 Å². The Bertz CT molecular complexity index is 451. The molecule has 1 aromatic rings. The summed E-state index contributed by atoms with van der Waals surface area (Å²) in [4.78, 5) is 0. The van der Waals surface area contributed by atoms with Crippen LogP contribution in [0.4, 0.5) is 0 Å². The standard InChI is InChI=1S/C13H24N2O2S/c1-4-8-14-12(3)13-7-6-9-15(13)10-11-18(16,17)5-2/h6-7,9,12,14H,4-5,8,10-11H2,1-3H3.